The standard InChI is InChI=1S/C21H24N2O2S/c1-23(20(24)14-13-17-10-7-15-26-17)19-12-6-5-11-18(19)21(25)22-16-8-3-2-4-9-16/h5-7,10-16H,2-4,8-9H2,1H3,(H,22,25). The number of rotatable bonds is 5. The van der Waals surface area contributed by atoms with E-state index < -0.39 is 0 Å². The molecule has 0 saturated heterocycles. The van der Waals surface area contributed by atoms with E-state index in [1.165, 1.54) is 24.2 Å². The summed E-state index contributed by atoms with van der Waals surface area (Å²) in [7, 11) is 1.70. The number of para-hydroxylation sites is 1. The van der Waals surface area contributed by atoms with Crippen molar-refractivity contribution >= 4 is 34.9 Å². The fourth-order valence-electron chi connectivity index (χ4n) is 3.24. The van der Waals surface area contributed by atoms with Gasteiger partial charge in [-0.25, -0.2) is 0 Å². The van der Waals surface area contributed by atoms with E-state index in [4.69, 9.17) is 0 Å². The highest BCUT2D eigenvalue weighted by molar-refractivity contribution is 7.10. The Labute approximate surface area is 158 Å². The maximum absolute atomic E-state index is 12.7. The van der Waals surface area contributed by atoms with Gasteiger partial charge in [-0.1, -0.05) is 37.5 Å². The van der Waals surface area contributed by atoms with E-state index in [0.717, 1.165) is 17.7 Å². The van der Waals surface area contributed by atoms with Crippen LogP contribution >= 0.6 is 11.3 Å². The Bertz CT molecular complexity index is 777. The van der Waals surface area contributed by atoms with Crippen molar-refractivity contribution in [2.45, 2.75) is 38.1 Å². The molecule has 1 saturated carbocycles. The zero-order valence-electron chi connectivity index (χ0n) is 15.0. The number of benzene rings is 1. The van der Waals surface area contributed by atoms with Gasteiger partial charge in [0.05, 0.1) is 11.3 Å². The van der Waals surface area contributed by atoms with E-state index in [-0.39, 0.29) is 17.9 Å². The van der Waals surface area contributed by atoms with Gasteiger partial charge >= 0.3 is 0 Å². The number of likely N-dealkylation sites (N-methyl/N-ethyl adjacent to an activating group) is 1. The van der Waals surface area contributed by atoms with Gasteiger partial charge in [0.25, 0.3) is 11.8 Å². The average Bonchev–Trinajstić information content (AvgIpc) is 3.20. The Morgan fingerprint density at radius 1 is 1.12 bits per heavy atom. The summed E-state index contributed by atoms with van der Waals surface area (Å²) in [6.45, 7) is 0. The lowest BCUT2D eigenvalue weighted by Gasteiger charge is -2.24. The molecular weight excluding hydrogens is 344 g/mol. The highest BCUT2D eigenvalue weighted by atomic mass is 32.1. The number of carbonyl (C=O) groups excluding carboxylic acids is 2. The number of hydrogen-bond acceptors (Lipinski definition) is 3. The summed E-state index contributed by atoms with van der Waals surface area (Å²) in [4.78, 5) is 27.8. The van der Waals surface area contributed by atoms with Crippen LogP contribution in [-0.2, 0) is 4.79 Å². The minimum Gasteiger partial charge on any atom is -0.349 e. The number of anilines is 1. The molecular formula is C21H24N2O2S. The molecule has 0 radical (unpaired) electrons. The van der Waals surface area contributed by atoms with Crippen LogP contribution in [0.5, 0.6) is 0 Å². The van der Waals surface area contributed by atoms with E-state index in [0.29, 0.717) is 11.3 Å². The van der Waals surface area contributed by atoms with Gasteiger partial charge in [-0.05, 0) is 42.5 Å². The summed E-state index contributed by atoms with van der Waals surface area (Å²) in [5.41, 5.74) is 1.17. The quantitative estimate of drug-likeness (QED) is 0.791. The third-order valence-corrected chi connectivity index (χ3v) is 5.55. The smallest absolute Gasteiger partial charge is 0.253 e. The SMILES string of the molecule is CN(C(=O)C=Cc1cccs1)c1ccccc1C(=O)NC1CCCCC1. The topological polar surface area (TPSA) is 49.4 Å². The van der Waals surface area contributed by atoms with Crippen molar-refractivity contribution in [1.82, 2.24) is 5.32 Å². The summed E-state index contributed by atoms with van der Waals surface area (Å²) < 4.78 is 0. The summed E-state index contributed by atoms with van der Waals surface area (Å²) >= 11 is 1.58. The highest BCUT2D eigenvalue weighted by Crippen LogP contribution is 2.22. The molecule has 2 amide bonds. The molecule has 1 aromatic carbocycles. The number of nitrogens with one attached hydrogen (secondary N) is 1. The third kappa shape index (κ3) is 4.61. The zero-order valence-corrected chi connectivity index (χ0v) is 15.8. The fourth-order valence-corrected chi connectivity index (χ4v) is 3.86. The van der Waals surface area contributed by atoms with Crippen molar-refractivity contribution in [3.63, 3.8) is 0 Å². The van der Waals surface area contributed by atoms with Crippen molar-refractivity contribution in [3.8, 4) is 0 Å². The van der Waals surface area contributed by atoms with Gasteiger partial charge in [0, 0.05) is 24.0 Å². The molecule has 1 heterocycles. The van der Waals surface area contributed by atoms with Crippen LogP contribution in [0.25, 0.3) is 6.08 Å². The lowest BCUT2D eigenvalue weighted by atomic mass is 9.95. The van der Waals surface area contributed by atoms with Crippen LogP contribution < -0.4 is 10.2 Å². The maximum Gasteiger partial charge on any atom is 0.253 e. The Kier molecular flexibility index (Phi) is 6.23. The van der Waals surface area contributed by atoms with Crippen molar-refractivity contribution in [1.29, 1.82) is 0 Å². The molecule has 0 bridgehead atoms. The summed E-state index contributed by atoms with van der Waals surface area (Å²) in [6, 6.07) is 11.4. The molecule has 26 heavy (non-hydrogen) atoms. The second-order valence-corrected chi connectivity index (χ2v) is 7.55. The molecule has 5 heteroatoms. The van der Waals surface area contributed by atoms with Crippen LogP contribution in [0.4, 0.5) is 5.69 Å². The number of thiophene rings is 1. The van der Waals surface area contributed by atoms with E-state index in [9.17, 15) is 9.59 Å². The molecule has 1 aromatic heterocycles. The minimum absolute atomic E-state index is 0.102. The first-order chi connectivity index (χ1) is 12.6. The molecule has 4 nitrogen and oxygen atoms in total. The molecule has 0 aliphatic heterocycles. The molecule has 1 N–H and O–H groups in total. The number of hydrogen-bond donors (Lipinski definition) is 1. The van der Waals surface area contributed by atoms with Crippen LogP contribution in [0.15, 0.2) is 47.9 Å². The van der Waals surface area contributed by atoms with Gasteiger partial charge in [0.15, 0.2) is 0 Å². The van der Waals surface area contributed by atoms with Gasteiger partial charge in [0.2, 0.25) is 0 Å². The lowest BCUT2D eigenvalue weighted by Crippen LogP contribution is -2.37. The predicted octanol–water partition coefficient (Wildman–Crippen LogP) is 4.49. The largest absolute Gasteiger partial charge is 0.349 e. The van der Waals surface area contributed by atoms with Crippen molar-refractivity contribution < 1.29 is 9.59 Å². The normalized spacial score (nSPS) is 15.1. The van der Waals surface area contributed by atoms with E-state index in [2.05, 4.69) is 5.32 Å². The van der Waals surface area contributed by atoms with Crippen molar-refractivity contribution in [2.24, 2.45) is 0 Å². The average molecular weight is 369 g/mol. The van der Waals surface area contributed by atoms with Crippen LogP contribution in [0.3, 0.4) is 0 Å². The minimum atomic E-state index is -0.156. The van der Waals surface area contributed by atoms with Crippen molar-refractivity contribution in [3.05, 3.63) is 58.3 Å². The molecule has 136 valence electrons. The first-order valence-electron chi connectivity index (χ1n) is 9.04. The molecule has 0 atom stereocenters. The van der Waals surface area contributed by atoms with Crippen LogP contribution in [0.2, 0.25) is 0 Å². The van der Waals surface area contributed by atoms with Crippen LogP contribution in [-0.4, -0.2) is 24.9 Å². The van der Waals surface area contributed by atoms with Crippen LogP contribution in [0, 0.1) is 0 Å². The van der Waals surface area contributed by atoms with Gasteiger partial charge in [-0.3, -0.25) is 9.59 Å². The third-order valence-electron chi connectivity index (χ3n) is 4.71. The second-order valence-electron chi connectivity index (χ2n) is 6.57. The molecule has 1 aliphatic rings. The van der Waals surface area contributed by atoms with Gasteiger partial charge in [-0.2, -0.15) is 0 Å². The summed E-state index contributed by atoms with van der Waals surface area (Å²) in [5, 5.41) is 5.10. The number of amides is 2. The molecule has 1 fully saturated rings. The van der Waals surface area contributed by atoms with E-state index in [1.807, 2.05) is 35.7 Å². The number of carbonyl (C=O) groups is 2. The Morgan fingerprint density at radius 2 is 1.88 bits per heavy atom. The fraction of sp³-hybridized carbons (Fsp3) is 0.333. The Hall–Kier alpha value is -2.40. The van der Waals surface area contributed by atoms with Gasteiger partial charge in [0.1, 0.15) is 0 Å². The molecule has 1 aliphatic carbocycles. The molecule has 0 unspecified atom stereocenters. The second kappa shape index (κ2) is 8.81. The summed E-state index contributed by atoms with van der Waals surface area (Å²) in [6.07, 6.45) is 8.99. The van der Waals surface area contributed by atoms with E-state index >= 15 is 0 Å². The van der Waals surface area contributed by atoms with Gasteiger partial charge in [-0.15, -0.1) is 11.3 Å². The predicted molar refractivity (Wildman–Crippen MR) is 108 cm³/mol. The summed E-state index contributed by atoms with van der Waals surface area (Å²) in [5.74, 6) is -0.259. The highest BCUT2D eigenvalue weighted by Gasteiger charge is 2.20. The first-order valence-corrected chi connectivity index (χ1v) is 9.92. The molecule has 3 rings (SSSR count). The van der Waals surface area contributed by atoms with Crippen LogP contribution in [0.1, 0.15) is 47.3 Å². The van der Waals surface area contributed by atoms with Crippen molar-refractivity contribution in [2.75, 3.05) is 11.9 Å². The maximum atomic E-state index is 12.7. The van der Waals surface area contributed by atoms with E-state index in [1.54, 1.807) is 36.6 Å². The lowest BCUT2D eigenvalue weighted by molar-refractivity contribution is -0.113. The van der Waals surface area contributed by atoms with Gasteiger partial charge < -0.3 is 10.2 Å². The molecule has 0 spiro atoms. The molecule has 2 aromatic rings. The monoisotopic (exact) mass is 368 g/mol. The zero-order chi connectivity index (χ0) is 18.4. The number of nitrogens with zero attached hydrogens (tertiary/aromatic N) is 1. The Balaban J connectivity index is 1.72. The first kappa shape index (κ1) is 18.4. The Morgan fingerprint density at radius 3 is 2.62 bits per heavy atom.